The predicted molar refractivity (Wildman–Crippen MR) is 75.7 cm³/mol. The Kier molecular flexibility index (Phi) is 4.10. The van der Waals surface area contributed by atoms with Crippen molar-refractivity contribution < 1.29 is 9.18 Å². The second-order valence-electron chi connectivity index (χ2n) is 4.10. The summed E-state index contributed by atoms with van der Waals surface area (Å²) < 4.78 is 15.6. The van der Waals surface area contributed by atoms with Crippen molar-refractivity contribution in [2.45, 2.75) is 18.8 Å². The zero-order valence-corrected chi connectivity index (χ0v) is 12.7. The van der Waals surface area contributed by atoms with Crippen molar-refractivity contribution in [3.8, 4) is 0 Å². The zero-order valence-electron chi connectivity index (χ0n) is 10.4. The maximum Gasteiger partial charge on any atom is 0.239 e. The van der Waals surface area contributed by atoms with Crippen molar-refractivity contribution in [1.29, 1.82) is 0 Å². The Morgan fingerprint density at radius 3 is 2.89 bits per heavy atom. The lowest BCUT2D eigenvalue weighted by atomic mass is 10.3. The van der Waals surface area contributed by atoms with Crippen molar-refractivity contribution in [3.05, 3.63) is 28.2 Å². The normalized spacial score (nSPS) is 12.7. The molecule has 0 saturated carbocycles. The quantitative estimate of drug-likeness (QED) is 0.867. The van der Waals surface area contributed by atoms with Crippen LogP contribution >= 0.6 is 27.5 Å². The van der Waals surface area contributed by atoms with Gasteiger partial charge in [0.25, 0.3) is 0 Å². The van der Waals surface area contributed by atoms with Crippen molar-refractivity contribution in [2.75, 3.05) is 7.05 Å². The summed E-state index contributed by atoms with van der Waals surface area (Å²) in [4.78, 5) is 15.9. The van der Waals surface area contributed by atoms with Gasteiger partial charge in [-0.3, -0.25) is 4.79 Å². The molecular weight excluding hydrogens is 337 g/mol. The topological polar surface area (TPSA) is 46.9 Å². The van der Waals surface area contributed by atoms with Gasteiger partial charge in [-0.15, -0.1) is 11.6 Å². The monoisotopic (exact) mass is 347 g/mol. The van der Waals surface area contributed by atoms with Crippen LogP contribution in [0.1, 0.15) is 18.1 Å². The van der Waals surface area contributed by atoms with Gasteiger partial charge in [-0.05, 0) is 28.9 Å². The highest BCUT2D eigenvalue weighted by molar-refractivity contribution is 9.10. The van der Waals surface area contributed by atoms with E-state index >= 15 is 0 Å². The highest BCUT2D eigenvalue weighted by Gasteiger charge is 2.18. The third-order valence-corrected chi connectivity index (χ3v) is 3.56. The van der Waals surface area contributed by atoms with Gasteiger partial charge < -0.3 is 9.88 Å². The van der Waals surface area contributed by atoms with Gasteiger partial charge in [0.05, 0.1) is 20.9 Å². The highest BCUT2D eigenvalue weighted by atomic mass is 79.9. The summed E-state index contributed by atoms with van der Waals surface area (Å²) in [6.07, 6.45) is 0. The average molecular weight is 349 g/mol. The van der Waals surface area contributed by atoms with Gasteiger partial charge in [0.2, 0.25) is 5.91 Å². The first-order valence-electron chi connectivity index (χ1n) is 5.64. The number of fused-ring (bicyclic) bond motifs is 1. The van der Waals surface area contributed by atoms with E-state index in [1.165, 1.54) is 6.07 Å². The minimum atomic E-state index is -0.403. The number of nitrogens with zero attached hydrogens (tertiary/aromatic N) is 2. The summed E-state index contributed by atoms with van der Waals surface area (Å²) in [5.41, 5.74) is 1.14. The largest absolute Gasteiger partial charge is 0.358 e. The van der Waals surface area contributed by atoms with Crippen molar-refractivity contribution in [3.63, 3.8) is 0 Å². The smallest absolute Gasteiger partial charge is 0.239 e. The molecule has 7 heteroatoms. The number of nitrogens with one attached hydrogen (secondary N) is 1. The lowest BCUT2D eigenvalue weighted by Crippen LogP contribution is -2.24. The van der Waals surface area contributed by atoms with E-state index in [2.05, 4.69) is 26.2 Å². The van der Waals surface area contributed by atoms with Gasteiger partial charge in [-0.25, -0.2) is 9.37 Å². The standard InChI is InChI=1S/C12H12BrClFN3O/c1-6(14)12-17-9-3-7(13)8(15)4-10(9)18(12)5-11(19)16-2/h3-4,6H,5H2,1-2H3,(H,16,19). The molecule has 0 spiro atoms. The summed E-state index contributed by atoms with van der Waals surface area (Å²) in [7, 11) is 1.54. The molecule has 1 aromatic heterocycles. The summed E-state index contributed by atoms with van der Waals surface area (Å²) in [6, 6.07) is 2.92. The molecule has 1 unspecified atom stereocenters. The molecule has 0 radical (unpaired) electrons. The molecule has 0 fully saturated rings. The highest BCUT2D eigenvalue weighted by Crippen LogP contribution is 2.28. The van der Waals surface area contributed by atoms with Gasteiger partial charge in [0.15, 0.2) is 0 Å². The number of hydrogen-bond acceptors (Lipinski definition) is 2. The number of benzene rings is 1. The van der Waals surface area contributed by atoms with Crippen LogP contribution in [0.5, 0.6) is 0 Å². The van der Waals surface area contributed by atoms with Crippen LogP contribution in [0.2, 0.25) is 0 Å². The molecule has 4 nitrogen and oxygen atoms in total. The molecule has 1 heterocycles. The van der Waals surface area contributed by atoms with E-state index in [1.807, 2.05) is 0 Å². The van der Waals surface area contributed by atoms with E-state index < -0.39 is 5.82 Å². The Morgan fingerprint density at radius 2 is 2.32 bits per heavy atom. The SMILES string of the molecule is CNC(=O)Cn1c(C(C)Cl)nc2cc(Br)c(F)cc21. The minimum Gasteiger partial charge on any atom is -0.358 e. The number of halogens is 3. The number of amides is 1. The average Bonchev–Trinajstić information content (AvgIpc) is 2.68. The van der Waals surface area contributed by atoms with Gasteiger partial charge in [0.1, 0.15) is 18.2 Å². The Balaban J connectivity index is 2.65. The Hall–Kier alpha value is -1.14. The fourth-order valence-corrected chi connectivity index (χ4v) is 2.33. The molecule has 1 N–H and O–H groups in total. The Bertz CT molecular complexity index is 641. The van der Waals surface area contributed by atoms with Crippen molar-refractivity contribution >= 4 is 44.5 Å². The number of aromatic nitrogens is 2. The number of likely N-dealkylation sites (N-methyl/N-ethyl adjacent to an activating group) is 1. The first-order valence-corrected chi connectivity index (χ1v) is 6.86. The first-order chi connectivity index (χ1) is 8.93. The minimum absolute atomic E-state index is 0.0560. The molecule has 0 aliphatic rings. The van der Waals surface area contributed by atoms with Gasteiger partial charge in [-0.2, -0.15) is 0 Å². The van der Waals surface area contributed by atoms with Crippen LogP contribution in [-0.4, -0.2) is 22.5 Å². The molecule has 0 bridgehead atoms. The van der Waals surface area contributed by atoms with Crippen LogP contribution in [-0.2, 0) is 11.3 Å². The molecule has 1 atom stereocenters. The van der Waals surface area contributed by atoms with E-state index in [-0.39, 0.29) is 17.8 Å². The number of rotatable bonds is 3. The fourth-order valence-electron chi connectivity index (χ4n) is 1.83. The molecule has 0 aliphatic carbocycles. The van der Waals surface area contributed by atoms with Crippen LogP contribution in [0.25, 0.3) is 11.0 Å². The van der Waals surface area contributed by atoms with Crippen LogP contribution < -0.4 is 5.32 Å². The molecule has 2 aromatic rings. The number of carbonyl (C=O) groups is 1. The number of imidazole rings is 1. The molecule has 2 rings (SSSR count). The molecule has 0 saturated heterocycles. The lowest BCUT2D eigenvalue weighted by Gasteiger charge is -2.09. The maximum absolute atomic E-state index is 13.6. The molecule has 19 heavy (non-hydrogen) atoms. The summed E-state index contributed by atoms with van der Waals surface area (Å²) >= 11 is 9.18. The first kappa shape index (κ1) is 14.3. The second-order valence-corrected chi connectivity index (χ2v) is 5.61. The summed E-state index contributed by atoms with van der Waals surface area (Å²) in [6.45, 7) is 1.81. The molecule has 1 aromatic carbocycles. The Morgan fingerprint density at radius 1 is 1.63 bits per heavy atom. The summed E-state index contributed by atoms with van der Waals surface area (Å²) in [5, 5.41) is 2.15. The zero-order chi connectivity index (χ0) is 14.2. The molecule has 102 valence electrons. The van der Waals surface area contributed by atoms with Crippen LogP contribution in [0, 0.1) is 5.82 Å². The van der Waals surface area contributed by atoms with Gasteiger partial charge in [0, 0.05) is 13.1 Å². The predicted octanol–water partition coefficient (Wildman–Crippen LogP) is 2.98. The Labute approximate surface area is 123 Å². The molecular formula is C12H12BrClFN3O. The number of alkyl halides is 1. The van der Waals surface area contributed by atoms with Gasteiger partial charge >= 0.3 is 0 Å². The third-order valence-electron chi connectivity index (χ3n) is 2.76. The third kappa shape index (κ3) is 2.74. The van der Waals surface area contributed by atoms with Crippen LogP contribution in [0.4, 0.5) is 4.39 Å². The second kappa shape index (κ2) is 5.46. The maximum atomic E-state index is 13.6. The molecule has 0 aliphatic heterocycles. The molecule has 1 amide bonds. The van der Waals surface area contributed by atoms with Crippen molar-refractivity contribution in [2.24, 2.45) is 0 Å². The van der Waals surface area contributed by atoms with Gasteiger partial charge in [-0.1, -0.05) is 0 Å². The lowest BCUT2D eigenvalue weighted by molar-refractivity contribution is -0.121. The fraction of sp³-hybridized carbons (Fsp3) is 0.333. The van der Waals surface area contributed by atoms with Crippen LogP contribution in [0.3, 0.4) is 0 Å². The summed E-state index contributed by atoms with van der Waals surface area (Å²) in [5.74, 6) is -0.0571. The number of hydrogen-bond donors (Lipinski definition) is 1. The van der Waals surface area contributed by atoms with E-state index in [4.69, 9.17) is 11.6 Å². The van der Waals surface area contributed by atoms with E-state index in [0.717, 1.165) is 0 Å². The van der Waals surface area contributed by atoms with E-state index in [0.29, 0.717) is 21.3 Å². The number of carbonyl (C=O) groups excluding carboxylic acids is 1. The van der Waals surface area contributed by atoms with E-state index in [9.17, 15) is 9.18 Å². The van der Waals surface area contributed by atoms with Crippen LogP contribution in [0.15, 0.2) is 16.6 Å². The van der Waals surface area contributed by atoms with E-state index in [1.54, 1.807) is 24.6 Å². The van der Waals surface area contributed by atoms with Crippen molar-refractivity contribution in [1.82, 2.24) is 14.9 Å².